The highest BCUT2D eigenvalue weighted by atomic mass is 79.9. The number of carbonyl (C=O) groups excluding carboxylic acids is 1. The summed E-state index contributed by atoms with van der Waals surface area (Å²) < 4.78 is 1.06. The Balaban J connectivity index is 1.92. The molecule has 0 bridgehead atoms. The van der Waals surface area contributed by atoms with Crippen LogP contribution in [0.25, 0.3) is 0 Å². The third-order valence-electron chi connectivity index (χ3n) is 3.40. The first kappa shape index (κ1) is 15.6. The molecule has 0 aliphatic rings. The average Bonchev–Trinajstić information content (AvgIpc) is 2.44. The van der Waals surface area contributed by atoms with Crippen LogP contribution in [0.15, 0.2) is 40.9 Å². The van der Waals surface area contributed by atoms with Gasteiger partial charge in [-0.2, -0.15) is 0 Å². The molecule has 4 heteroatoms. The van der Waals surface area contributed by atoms with Crippen LogP contribution in [0.5, 0.6) is 0 Å². The van der Waals surface area contributed by atoms with Crippen molar-refractivity contribution in [3.63, 3.8) is 0 Å². The molecule has 0 spiro atoms. The van der Waals surface area contributed by atoms with Gasteiger partial charge in [0.1, 0.15) is 0 Å². The van der Waals surface area contributed by atoms with Gasteiger partial charge in [-0.3, -0.25) is 4.79 Å². The molecular formula is C17H19BrN2O. The van der Waals surface area contributed by atoms with E-state index in [4.69, 9.17) is 0 Å². The van der Waals surface area contributed by atoms with Gasteiger partial charge in [0.05, 0.1) is 6.54 Å². The third kappa shape index (κ3) is 4.33. The fourth-order valence-electron chi connectivity index (χ4n) is 1.96. The number of benzene rings is 2. The zero-order chi connectivity index (χ0) is 15.4. The van der Waals surface area contributed by atoms with Gasteiger partial charge in [-0.05, 0) is 67.8 Å². The lowest BCUT2D eigenvalue weighted by molar-refractivity contribution is -0.114. The van der Waals surface area contributed by atoms with Crippen LogP contribution in [0.4, 0.5) is 11.4 Å². The SMILES string of the molecule is Cc1ccc(NC(=O)CNc2ccc(Br)c(C)c2)cc1C. The van der Waals surface area contributed by atoms with Crippen molar-refractivity contribution in [2.75, 3.05) is 17.2 Å². The van der Waals surface area contributed by atoms with Crippen molar-refractivity contribution in [2.45, 2.75) is 20.8 Å². The quantitative estimate of drug-likeness (QED) is 0.859. The number of amides is 1. The fraction of sp³-hybridized carbons (Fsp3) is 0.235. The Hall–Kier alpha value is -1.81. The molecule has 21 heavy (non-hydrogen) atoms. The first-order chi connectivity index (χ1) is 9.95. The van der Waals surface area contributed by atoms with Gasteiger partial charge in [-0.1, -0.05) is 22.0 Å². The summed E-state index contributed by atoms with van der Waals surface area (Å²) >= 11 is 3.46. The molecule has 2 rings (SSSR count). The van der Waals surface area contributed by atoms with Gasteiger partial charge in [-0.15, -0.1) is 0 Å². The number of carbonyl (C=O) groups is 1. The van der Waals surface area contributed by atoms with E-state index in [-0.39, 0.29) is 12.5 Å². The minimum Gasteiger partial charge on any atom is -0.376 e. The average molecular weight is 347 g/mol. The zero-order valence-corrected chi connectivity index (χ0v) is 14.0. The maximum absolute atomic E-state index is 12.0. The Morgan fingerprint density at radius 1 is 0.952 bits per heavy atom. The van der Waals surface area contributed by atoms with Crippen LogP contribution >= 0.6 is 15.9 Å². The summed E-state index contributed by atoms with van der Waals surface area (Å²) in [5.41, 5.74) is 5.29. The monoisotopic (exact) mass is 346 g/mol. The van der Waals surface area contributed by atoms with E-state index < -0.39 is 0 Å². The Labute approximate surface area is 133 Å². The molecule has 0 radical (unpaired) electrons. The normalized spacial score (nSPS) is 10.3. The molecule has 1 amide bonds. The first-order valence-electron chi connectivity index (χ1n) is 6.83. The van der Waals surface area contributed by atoms with E-state index in [9.17, 15) is 4.79 Å². The largest absolute Gasteiger partial charge is 0.376 e. The van der Waals surface area contributed by atoms with Gasteiger partial charge in [0.25, 0.3) is 0 Å². The van der Waals surface area contributed by atoms with E-state index in [0.717, 1.165) is 21.4 Å². The Morgan fingerprint density at radius 2 is 1.62 bits per heavy atom. The summed E-state index contributed by atoms with van der Waals surface area (Å²) in [5, 5.41) is 6.02. The van der Waals surface area contributed by atoms with Crippen molar-refractivity contribution < 1.29 is 4.79 Å². The van der Waals surface area contributed by atoms with Crippen molar-refractivity contribution in [3.8, 4) is 0 Å². The predicted octanol–water partition coefficient (Wildman–Crippen LogP) is 4.42. The van der Waals surface area contributed by atoms with Crippen LogP contribution in [-0.4, -0.2) is 12.5 Å². The maximum atomic E-state index is 12.0. The topological polar surface area (TPSA) is 41.1 Å². The Kier molecular flexibility index (Phi) is 5.02. The molecule has 110 valence electrons. The molecule has 0 unspecified atom stereocenters. The standard InChI is InChI=1S/C17H19BrN2O/c1-11-4-5-15(8-12(11)2)20-17(21)10-19-14-6-7-16(18)13(3)9-14/h4-9,19H,10H2,1-3H3,(H,20,21). The van der Waals surface area contributed by atoms with Gasteiger partial charge in [0, 0.05) is 15.8 Å². The highest BCUT2D eigenvalue weighted by molar-refractivity contribution is 9.10. The lowest BCUT2D eigenvalue weighted by Crippen LogP contribution is -2.21. The fourth-order valence-corrected chi connectivity index (χ4v) is 2.21. The van der Waals surface area contributed by atoms with Gasteiger partial charge in [0.15, 0.2) is 0 Å². The van der Waals surface area contributed by atoms with Crippen molar-refractivity contribution in [1.82, 2.24) is 0 Å². The summed E-state index contributed by atoms with van der Waals surface area (Å²) in [5.74, 6) is -0.0566. The van der Waals surface area contributed by atoms with Crippen molar-refractivity contribution in [2.24, 2.45) is 0 Å². The lowest BCUT2D eigenvalue weighted by Gasteiger charge is -2.10. The predicted molar refractivity (Wildman–Crippen MR) is 91.9 cm³/mol. The second-order valence-electron chi connectivity index (χ2n) is 5.16. The zero-order valence-electron chi connectivity index (χ0n) is 12.5. The second-order valence-corrected chi connectivity index (χ2v) is 6.02. The van der Waals surface area contributed by atoms with E-state index in [2.05, 4.69) is 33.5 Å². The minimum atomic E-state index is -0.0566. The van der Waals surface area contributed by atoms with Crippen molar-refractivity contribution in [1.29, 1.82) is 0 Å². The third-order valence-corrected chi connectivity index (χ3v) is 4.29. The van der Waals surface area contributed by atoms with Gasteiger partial charge < -0.3 is 10.6 Å². The molecule has 0 heterocycles. The molecule has 2 aromatic rings. The number of hydrogen-bond acceptors (Lipinski definition) is 2. The Morgan fingerprint density at radius 3 is 2.29 bits per heavy atom. The summed E-state index contributed by atoms with van der Waals surface area (Å²) in [6, 6.07) is 11.8. The summed E-state index contributed by atoms with van der Waals surface area (Å²) in [6.45, 7) is 6.35. The summed E-state index contributed by atoms with van der Waals surface area (Å²) in [6.07, 6.45) is 0. The van der Waals surface area contributed by atoms with E-state index in [1.807, 2.05) is 50.2 Å². The lowest BCUT2D eigenvalue weighted by atomic mass is 10.1. The van der Waals surface area contributed by atoms with Crippen LogP contribution in [0.2, 0.25) is 0 Å². The number of hydrogen-bond donors (Lipinski definition) is 2. The van der Waals surface area contributed by atoms with Gasteiger partial charge in [0.2, 0.25) is 5.91 Å². The number of halogens is 1. The molecule has 0 saturated carbocycles. The molecule has 0 aliphatic carbocycles. The van der Waals surface area contributed by atoms with Crippen LogP contribution < -0.4 is 10.6 Å². The number of rotatable bonds is 4. The van der Waals surface area contributed by atoms with Crippen LogP contribution in [-0.2, 0) is 4.79 Å². The van der Waals surface area contributed by atoms with E-state index in [0.29, 0.717) is 0 Å². The first-order valence-corrected chi connectivity index (χ1v) is 7.62. The molecule has 0 aromatic heterocycles. The van der Waals surface area contributed by atoms with Crippen molar-refractivity contribution >= 4 is 33.2 Å². The molecule has 0 atom stereocenters. The molecule has 0 aliphatic heterocycles. The van der Waals surface area contributed by atoms with Gasteiger partial charge in [-0.25, -0.2) is 0 Å². The van der Waals surface area contributed by atoms with Crippen LogP contribution in [0.1, 0.15) is 16.7 Å². The van der Waals surface area contributed by atoms with Gasteiger partial charge >= 0.3 is 0 Å². The molecular weight excluding hydrogens is 328 g/mol. The molecule has 3 nitrogen and oxygen atoms in total. The van der Waals surface area contributed by atoms with Crippen molar-refractivity contribution in [3.05, 3.63) is 57.6 Å². The van der Waals surface area contributed by atoms with E-state index in [1.165, 1.54) is 11.1 Å². The molecule has 0 saturated heterocycles. The van der Waals surface area contributed by atoms with Crippen LogP contribution in [0.3, 0.4) is 0 Å². The van der Waals surface area contributed by atoms with E-state index in [1.54, 1.807) is 0 Å². The molecule has 2 N–H and O–H groups in total. The second kappa shape index (κ2) is 6.76. The van der Waals surface area contributed by atoms with E-state index >= 15 is 0 Å². The maximum Gasteiger partial charge on any atom is 0.243 e. The van der Waals surface area contributed by atoms with Crippen LogP contribution in [0, 0.1) is 20.8 Å². The minimum absolute atomic E-state index is 0.0566. The summed E-state index contributed by atoms with van der Waals surface area (Å²) in [7, 11) is 0. The molecule has 0 fully saturated rings. The number of anilines is 2. The molecule has 2 aromatic carbocycles. The Bertz CT molecular complexity index is 668. The highest BCUT2D eigenvalue weighted by Gasteiger charge is 2.04. The number of nitrogens with one attached hydrogen (secondary N) is 2. The summed E-state index contributed by atoms with van der Waals surface area (Å²) in [4.78, 5) is 12.0. The number of aryl methyl sites for hydroxylation is 3. The highest BCUT2D eigenvalue weighted by Crippen LogP contribution is 2.20. The smallest absolute Gasteiger partial charge is 0.243 e.